The maximum atomic E-state index is 11.5. The van der Waals surface area contributed by atoms with Crippen LogP contribution in [0.3, 0.4) is 0 Å². The number of aromatic nitrogens is 1. The van der Waals surface area contributed by atoms with Crippen LogP contribution >= 0.6 is 11.8 Å². The van der Waals surface area contributed by atoms with Crippen molar-refractivity contribution in [2.45, 2.75) is 64.6 Å². The van der Waals surface area contributed by atoms with E-state index in [1.54, 1.807) is 11.8 Å². The molecule has 1 aliphatic carbocycles. The van der Waals surface area contributed by atoms with E-state index in [2.05, 4.69) is 34.8 Å². The molecule has 3 aliphatic rings. The Morgan fingerprint density at radius 1 is 1.36 bits per heavy atom. The van der Waals surface area contributed by atoms with Crippen LogP contribution in [0.2, 0.25) is 0 Å². The molecular formula is C19H25N3O2S. The maximum Gasteiger partial charge on any atom is 0.307 e. The largest absolute Gasteiger partial charge is 0.469 e. The Bertz CT molecular complexity index is 765. The molecule has 1 aromatic heterocycles. The summed E-state index contributed by atoms with van der Waals surface area (Å²) in [5, 5.41) is 3.42. The van der Waals surface area contributed by atoms with Crippen molar-refractivity contribution in [3.63, 3.8) is 0 Å². The van der Waals surface area contributed by atoms with Crippen LogP contribution in [0, 0.1) is 13.8 Å². The van der Waals surface area contributed by atoms with Gasteiger partial charge in [0, 0.05) is 28.9 Å². The van der Waals surface area contributed by atoms with E-state index in [4.69, 9.17) is 9.73 Å². The number of nitrogens with zero attached hydrogens (tertiary/aromatic N) is 3. The van der Waals surface area contributed by atoms with E-state index in [-0.39, 0.29) is 5.97 Å². The summed E-state index contributed by atoms with van der Waals surface area (Å²) >= 11 is 1.76. The molecule has 3 heterocycles. The number of carbonyl (C=O) groups is 1. The van der Waals surface area contributed by atoms with Crippen LogP contribution in [0.5, 0.6) is 0 Å². The second-order valence-corrected chi connectivity index (χ2v) is 7.92. The first-order chi connectivity index (χ1) is 12.1. The van der Waals surface area contributed by atoms with Crippen LogP contribution in [-0.2, 0) is 16.1 Å². The van der Waals surface area contributed by atoms with Gasteiger partial charge < -0.3 is 14.2 Å². The minimum absolute atomic E-state index is 0.163. The van der Waals surface area contributed by atoms with E-state index in [1.165, 1.54) is 60.6 Å². The average Bonchev–Trinajstić information content (AvgIpc) is 3.25. The van der Waals surface area contributed by atoms with Gasteiger partial charge in [0.15, 0.2) is 5.17 Å². The third kappa shape index (κ3) is 2.80. The molecule has 0 amide bonds. The molecule has 6 heteroatoms. The number of hydrogen-bond acceptors (Lipinski definition) is 5. The van der Waals surface area contributed by atoms with Crippen molar-refractivity contribution < 1.29 is 9.53 Å². The number of hydrogen-bond donors (Lipinski definition) is 0. The molecule has 0 aromatic carbocycles. The maximum absolute atomic E-state index is 11.5. The molecule has 5 nitrogen and oxygen atoms in total. The highest BCUT2D eigenvalue weighted by molar-refractivity contribution is 8.16. The van der Waals surface area contributed by atoms with Gasteiger partial charge in [0.1, 0.15) is 0 Å². The number of rotatable bonds is 4. The standard InChI is InChI=1S/C19H25N3O2S/c1-12-10-14(13(2)21(12)9-8-18(23)24-3)17-11-25-19-20-15-6-4-5-7-16(15)22(17)19/h10-11,15-16H,4-9H2,1-3H3/t15-,16-/m0/s1. The number of aliphatic imine (C=N–C) groups is 1. The Balaban J connectivity index is 1.60. The molecule has 1 saturated carbocycles. The fourth-order valence-electron chi connectivity index (χ4n) is 4.33. The number of thioether (sulfide) groups is 1. The Kier molecular flexibility index (Phi) is 4.40. The summed E-state index contributed by atoms with van der Waals surface area (Å²) < 4.78 is 7.01. The lowest BCUT2D eigenvalue weighted by atomic mass is 9.90. The van der Waals surface area contributed by atoms with Gasteiger partial charge in [-0.15, -0.1) is 0 Å². The summed E-state index contributed by atoms with van der Waals surface area (Å²) in [5.74, 6) is -0.163. The molecule has 134 valence electrons. The van der Waals surface area contributed by atoms with Crippen molar-refractivity contribution in [2.75, 3.05) is 7.11 Å². The molecule has 25 heavy (non-hydrogen) atoms. The highest BCUT2D eigenvalue weighted by Gasteiger charge is 2.42. The number of carbonyl (C=O) groups excluding carboxylic acids is 1. The molecule has 1 fully saturated rings. The first kappa shape index (κ1) is 16.8. The summed E-state index contributed by atoms with van der Waals surface area (Å²) in [6.45, 7) is 4.92. The highest BCUT2D eigenvalue weighted by atomic mass is 32.2. The van der Waals surface area contributed by atoms with E-state index in [1.807, 2.05) is 0 Å². The van der Waals surface area contributed by atoms with Crippen LogP contribution in [0.4, 0.5) is 0 Å². The first-order valence-corrected chi connectivity index (χ1v) is 9.96. The second-order valence-electron chi connectivity index (χ2n) is 7.08. The number of methoxy groups -OCH3 is 1. The van der Waals surface area contributed by atoms with Gasteiger partial charge in [0.25, 0.3) is 0 Å². The van der Waals surface area contributed by atoms with Crippen molar-refractivity contribution in [1.29, 1.82) is 0 Å². The number of esters is 1. The van der Waals surface area contributed by atoms with Crippen molar-refractivity contribution >= 4 is 28.6 Å². The minimum Gasteiger partial charge on any atom is -0.469 e. The Hall–Kier alpha value is -1.69. The normalized spacial score (nSPS) is 24.7. The summed E-state index contributed by atoms with van der Waals surface area (Å²) in [6.07, 6.45) is 5.46. The van der Waals surface area contributed by atoms with Crippen molar-refractivity contribution in [3.05, 3.63) is 28.4 Å². The lowest BCUT2D eigenvalue weighted by Gasteiger charge is -2.32. The second kappa shape index (κ2) is 6.56. The summed E-state index contributed by atoms with van der Waals surface area (Å²) in [5.41, 5.74) is 4.96. The molecule has 0 radical (unpaired) electrons. The SMILES string of the molecule is COC(=O)CCn1c(C)cc(C2=CSC3=N[C@H]4CCCC[C@@H]4N23)c1C. The van der Waals surface area contributed by atoms with Gasteiger partial charge in [-0.05, 0) is 32.8 Å². The van der Waals surface area contributed by atoms with E-state index in [0.717, 1.165) is 0 Å². The zero-order valence-electron chi connectivity index (χ0n) is 15.1. The predicted molar refractivity (Wildman–Crippen MR) is 101 cm³/mol. The van der Waals surface area contributed by atoms with Crippen LogP contribution in [-0.4, -0.2) is 39.8 Å². The summed E-state index contributed by atoms with van der Waals surface area (Å²) in [4.78, 5) is 18.9. The molecular weight excluding hydrogens is 334 g/mol. The van der Waals surface area contributed by atoms with E-state index in [9.17, 15) is 4.79 Å². The molecule has 0 spiro atoms. The Morgan fingerprint density at radius 2 is 2.16 bits per heavy atom. The molecule has 0 unspecified atom stereocenters. The third-order valence-corrected chi connectivity index (χ3v) is 6.51. The summed E-state index contributed by atoms with van der Waals surface area (Å²) in [7, 11) is 1.44. The van der Waals surface area contributed by atoms with E-state index < -0.39 is 0 Å². The van der Waals surface area contributed by atoms with E-state index >= 15 is 0 Å². The third-order valence-electron chi connectivity index (χ3n) is 5.66. The van der Waals surface area contributed by atoms with Gasteiger partial charge in [-0.3, -0.25) is 9.79 Å². The van der Waals surface area contributed by atoms with Gasteiger partial charge in [0.2, 0.25) is 0 Å². The zero-order valence-corrected chi connectivity index (χ0v) is 15.9. The smallest absolute Gasteiger partial charge is 0.307 e. The van der Waals surface area contributed by atoms with Gasteiger partial charge >= 0.3 is 5.97 Å². The van der Waals surface area contributed by atoms with Crippen LogP contribution in [0.15, 0.2) is 16.5 Å². The molecule has 4 rings (SSSR count). The monoisotopic (exact) mass is 359 g/mol. The lowest BCUT2D eigenvalue weighted by Crippen LogP contribution is -2.38. The number of aryl methyl sites for hydroxylation is 1. The fraction of sp³-hybridized carbons (Fsp3) is 0.579. The molecule has 2 aliphatic heterocycles. The number of ether oxygens (including phenoxy) is 1. The lowest BCUT2D eigenvalue weighted by molar-refractivity contribution is -0.140. The minimum atomic E-state index is -0.163. The zero-order chi connectivity index (χ0) is 17.6. The Morgan fingerprint density at radius 3 is 2.96 bits per heavy atom. The topological polar surface area (TPSA) is 46.8 Å². The summed E-state index contributed by atoms with van der Waals surface area (Å²) in [6, 6.07) is 3.25. The van der Waals surface area contributed by atoms with Gasteiger partial charge in [0.05, 0.1) is 31.3 Å². The molecule has 2 atom stereocenters. The quantitative estimate of drug-likeness (QED) is 0.769. The number of amidine groups is 1. The van der Waals surface area contributed by atoms with Crippen molar-refractivity contribution in [2.24, 2.45) is 4.99 Å². The molecule has 0 saturated heterocycles. The van der Waals surface area contributed by atoms with Crippen LogP contribution in [0.25, 0.3) is 5.70 Å². The predicted octanol–water partition coefficient (Wildman–Crippen LogP) is 3.70. The molecule has 1 aromatic rings. The van der Waals surface area contributed by atoms with Crippen molar-refractivity contribution in [1.82, 2.24) is 9.47 Å². The van der Waals surface area contributed by atoms with Gasteiger partial charge in [-0.25, -0.2) is 0 Å². The first-order valence-electron chi connectivity index (χ1n) is 9.08. The van der Waals surface area contributed by atoms with Crippen molar-refractivity contribution in [3.8, 4) is 0 Å². The van der Waals surface area contributed by atoms with Crippen LogP contribution < -0.4 is 0 Å². The Labute approximate surface area is 153 Å². The van der Waals surface area contributed by atoms with Gasteiger partial charge in [-0.1, -0.05) is 24.6 Å². The van der Waals surface area contributed by atoms with E-state index in [0.29, 0.717) is 25.0 Å². The number of fused-ring (bicyclic) bond motifs is 3. The van der Waals surface area contributed by atoms with Crippen LogP contribution in [0.1, 0.15) is 49.1 Å². The average molecular weight is 359 g/mol. The fourth-order valence-corrected chi connectivity index (χ4v) is 5.33. The van der Waals surface area contributed by atoms with Gasteiger partial charge in [-0.2, -0.15) is 0 Å². The highest BCUT2D eigenvalue weighted by Crippen LogP contribution is 2.45. The molecule has 0 N–H and O–H groups in total. The molecule has 0 bridgehead atoms.